The number of rotatable bonds is 7. The highest BCUT2D eigenvalue weighted by Gasteiger charge is 2.12. The van der Waals surface area contributed by atoms with Crippen LogP contribution >= 0.6 is 27.7 Å². The summed E-state index contributed by atoms with van der Waals surface area (Å²) in [5.41, 5.74) is 3.73. The summed E-state index contributed by atoms with van der Waals surface area (Å²) in [6.45, 7) is 1.94. The molecule has 0 saturated carbocycles. The van der Waals surface area contributed by atoms with E-state index in [2.05, 4.69) is 41.4 Å². The highest BCUT2D eigenvalue weighted by Crippen LogP contribution is 2.22. The number of H-pyrrole nitrogens is 1. The highest BCUT2D eigenvalue weighted by atomic mass is 79.9. The molecule has 2 aromatic carbocycles. The van der Waals surface area contributed by atoms with Crippen LogP contribution in [0, 0.1) is 6.92 Å². The number of para-hydroxylation sites is 2. The molecule has 0 unspecified atom stereocenters. The molecule has 0 aliphatic rings. The lowest BCUT2D eigenvalue weighted by atomic mass is 10.2. The number of imidazole rings is 1. The molecule has 0 atom stereocenters. The van der Waals surface area contributed by atoms with E-state index in [9.17, 15) is 4.79 Å². The number of aromatic nitrogens is 4. The van der Waals surface area contributed by atoms with Crippen LogP contribution in [0.25, 0.3) is 11.0 Å². The molecule has 4 rings (SSSR count). The van der Waals surface area contributed by atoms with E-state index in [-0.39, 0.29) is 11.7 Å². The maximum atomic E-state index is 12.2. The van der Waals surface area contributed by atoms with Crippen LogP contribution in [0.15, 0.2) is 56.6 Å². The number of fused-ring (bicyclic) bond motifs is 1. The fourth-order valence-electron chi connectivity index (χ4n) is 2.83. The summed E-state index contributed by atoms with van der Waals surface area (Å²) in [5.74, 6) is 1.48. The van der Waals surface area contributed by atoms with Crippen molar-refractivity contribution in [3.05, 3.63) is 64.2 Å². The van der Waals surface area contributed by atoms with E-state index >= 15 is 0 Å². The van der Waals surface area contributed by atoms with Crippen LogP contribution in [0.2, 0.25) is 0 Å². The van der Waals surface area contributed by atoms with Crippen molar-refractivity contribution in [2.24, 2.45) is 0 Å². The number of carbonyl (C=O) groups is 1. The maximum absolute atomic E-state index is 12.2. The Morgan fingerprint density at radius 2 is 2.07 bits per heavy atom. The second kappa shape index (κ2) is 8.79. The Labute approximate surface area is 179 Å². The van der Waals surface area contributed by atoms with Crippen molar-refractivity contribution in [1.29, 1.82) is 0 Å². The van der Waals surface area contributed by atoms with E-state index < -0.39 is 0 Å². The van der Waals surface area contributed by atoms with Crippen LogP contribution in [0.3, 0.4) is 0 Å². The fraction of sp³-hybridized carbons (Fsp3) is 0.200. The molecule has 1 amide bonds. The summed E-state index contributed by atoms with van der Waals surface area (Å²) in [5, 5.41) is 11.3. The molecule has 9 heteroatoms. The summed E-state index contributed by atoms with van der Waals surface area (Å²) in [4.78, 5) is 20.0. The molecule has 4 aromatic rings. The van der Waals surface area contributed by atoms with Gasteiger partial charge in [-0.15, -0.1) is 10.2 Å². The minimum Gasteiger partial charge on any atom is -0.416 e. The molecule has 0 spiro atoms. The number of anilines is 1. The van der Waals surface area contributed by atoms with Gasteiger partial charge in [0.15, 0.2) is 0 Å². The molecular weight excluding hydrogens is 454 g/mol. The molecular formula is C20H18BrN5O2S. The third-order valence-electron chi connectivity index (χ3n) is 4.25. The lowest BCUT2D eigenvalue weighted by Crippen LogP contribution is -2.14. The van der Waals surface area contributed by atoms with Crippen LogP contribution < -0.4 is 5.32 Å². The third kappa shape index (κ3) is 5.04. The fourth-order valence-corrected chi connectivity index (χ4v) is 3.88. The van der Waals surface area contributed by atoms with E-state index in [1.54, 1.807) is 0 Å². The van der Waals surface area contributed by atoms with Crippen LogP contribution in [0.5, 0.6) is 0 Å². The Kier molecular flexibility index (Phi) is 5.96. The maximum Gasteiger partial charge on any atom is 0.277 e. The number of hydrogen-bond donors (Lipinski definition) is 2. The standard InChI is InChI=1S/C20H18BrN5O2S/c1-12-10-13(21)6-7-14(12)24-18(27)11-29-20-26-25-19(28-20)9-8-17-22-15-4-2-3-5-16(15)23-17/h2-7,10H,8-9,11H2,1H3,(H,22,23)(H,24,27). The van der Waals surface area contributed by atoms with E-state index in [1.807, 2.05) is 49.4 Å². The van der Waals surface area contributed by atoms with Crippen LogP contribution in [-0.4, -0.2) is 31.8 Å². The van der Waals surface area contributed by atoms with Gasteiger partial charge >= 0.3 is 0 Å². The van der Waals surface area contributed by atoms with Gasteiger partial charge in [-0.05, 0) is 42.8 Å². The Morgan fingerprint density at radius 3 is 2.90 bits per heavy atom. The molecule has 29 heavy (non-hydrogen) atoms. The van der Waals surface area contributed by atoms with Gasteiger partial charge in [0.1, 0.15) is 5.82 Å². The molecule has 0 aliphatic heterocycles. The first kappa shape index (κ1) is 19.7. The van der Waals surface area contributed by atoms with Gasteiger partial charge in [0.2, 0.25) is 11.8 Å². The first-order chi connectivity index (χ1) is 14.1. The van der Waals surface area contributed by atoms with Crippen molar-refractivity contribution in [2.75, 3.05) is 11.1 Å². The van der Waals surface area contributed by atoms with Crippen molar-refractivity contribution < 1.29 is 9.21 Å². The lowest BCUT2D eigenvalue weighted by Gasteiger charge is -2.07. The van der Waals surface area contributed by atoms with Crippen molar-refractivity contribution in [3.63, 3.8) is 0 Å². The van der Waals surface area contributed by atoms with E-state index in [0.717, 1.165) is 32.6 Å². The molecule has 148 valence electrons. The van der Waals surface area contributed by atoms with Gasteiger partial charge in [-0.1, -0.05) is 39.8 Å². The minimum atomic E-state index is -0.123. The van der Waals surface area contributed by atoms with Crippen molar-refractivity contribution >= 4 is 50.3 Å². The zero-order valence-electron chi connectivity index (χ0n) is 15.6. The third-order valence-corrected chi connectivity index (χ3v) is 5.56. The molecule has 0 saturated heterocycles. The van der Waals surface area contributed by atoms with Gasteiger partial charge in [-0.3, -0.25) is 4.79 Å². The van der Waals surface area contributed by atoms with Crippen molar-refractivity contribution in [2.45, 2.75) is 25.0 Å². The average Bonchev–Trinajstić information content (AvgIpc) is 3.33. The molecule has 0 bridgehead atoms. The Bertz CT molecular complexity index is 1120. The number of aromatic amines is 1. The van der Waals surface area contributed by atoms with Gasteiger partial charge in [-0.25, -0.2) is 4.98 Å². The van der Waals surface area contributed by atoms with Crippen LogP contribution in [0.4, 0.5) is 5.69 Å². The second-order valence-corrected chi connectivity index (χ2v) is 8.30. The van der Waals surface area contributed by atoms with Crippen molar-refractivity contribution in [1.82, 2.24) is 20.2 Å². The Morgan fingerprint density at radius 1 is 1.21 bits per heavy atom. The molecule has 2 aromatic heterocycles. The number of hydrogen-bond acceptors (Lipinski definition) is 6. The summed E-state index contributed by atoms with van der Waals surface area (Å²) in [6, 6.07) is 13.6. The number of thioether (sulfide) groups is 1. The Balaban J connectivity index is 1.28. The zero-order valence-corrected chi connectivity index (χ0v) is 18.0. The zero-order chi connectivity index (χ0) is 20.2. The lowest BCUT2D eigenvalue weighted by molar-refractivity contribution is -0.113. The van der Waals surface area contributed by atoms with Crippen molar-refractivity contribution in [3.8, 4) is 0 Å². The summed E-state index contributed by atoms with van der Waals surface area (Å²) < 4.78 is 6.61. The monoisotopic (exact) mass is 471 g/mol. The van der Waals surface area contributed by atoms with Gasteiger partial charge < -0.3 is 14.7 Å². The van der Waals surface area contributed by atoms with Gasteiger partial charge in [0.05, 0.1) is 16.8 Å². The molecule has 2 N–H and O–H groups in total. The second-order valence-electron chi connectivity index (χ2n) is 6.46. The summed E-state index contributed by atoms with van der Waals surface area (Å²) in [6.07, 6.45) is 1.25. The average molecular weight is 472 g/mol. The molecule has 7 nitrogen and oxygen atoms in total. The largest absolute Gasteiger partial charge is 0.416 e. The minimum absolute atomic E-state index is 0.123. The summed E-state index contributed by atoms with van der Waals surface area (Å²) >= 11 is 4.63. The number of aryl methyl sites for hydroxylation is 3. The number of amides is 1. The van der Waals surface area contributed by atoms with Gasteiger partial charge in [0.25, 0.3) is 5.22 Å². The molecule has 0 radical (unpaired) electrons. The molecule has 0 aliphatic carbocycles. The topological polar surface area (TPSA) is 96.7 Å². The first-order valence-corrected chi connectivity index (χ1v) is 10.8. The number of halogens is 1. The van der Waals surface area contributed by atoms with Gasteiger partial charge in [-0.2, -0.15) is 0 Å². The smallest absolute Gasteiger partial charge is 0.277 e. The predicted octanol–water partition coefficient (Wildman–Crippen LogP) is 4.53. The first-order valence-electron chi connectivity index (χ1n) is 9.01. The Hall–Kier alpha value is -2.65. The van der Waals surface area contributed by atoms with Gasteiger partial charge in [0, 0.05) is 23.0 Å². The number of nitrogens with one attached hydrogen (secondary N) is 2. The number of benzene rings is 2. The summed E-state index contributed by atoms with van der Waals surface area (Å²) in [7, 11) is 0. The number of nitrogens with zero attached hydrogens (tertiary/aromatic N) is 3. The van der Waals surface area contributed by atoms with E-state index in [4.69, 9.17) is 4.42 Å². The van der Waals surface area contributed by atoms with Crippen LogP contribution in [0.1, 0.15) is 17.3 Å². The molecule has 2 heterocycles. The predicted molar refractivity (Wildman–Crippen MR) is 116 cm³/mol. The van der Waals surface area contributed by atoms with Crippen LogP contribution in [-0.2, 0) is 17.6 Å². The van der Waals surface area contributed by atoms with E-state index in [1.165, 1.54) is 11.8 Å². The quantitative estimate of drug-likeness (QED) is 0.384. The van der Waals surface area contributed by atoms with E-state index in [0.29, 0.717) is 24.0 Å². The highest BCUT2D eigenvalue weighted by molar-refractivity contribution is 9.10. The normalized spacial score (nSPS) is 11.1. The number of carbonyl (C=O) groups excluding carboxylic acids is 1. The molecule has 0 fully saturated rings. The SMILES string of the molecule is Cc1cc(Br)ccc1NC(=O)CSc1nnc(CCc2nc3ccccc3[nH]2)o1.